The van der Waals surface area contributed by atoms with Gasteiger partial charge in [0, 0.05) is 28.2 Å². The highest BCUT2D eigenvalue weighted by Gasteiger charge is 2.75. The van der Waals surface area contributed by atoms with Gasteiger partial charge in [0.2, 0.25) is 0 Å². The van der Waals surface area contributed by atoms with Crippen LogP contribution in [0.15, 0.2) is 54.6 Å². The standard InChI is InChI=1S/C24H15Br2Cl3F2N2O2/c25-24(26)21(12-6-13(27)8-14(28)7-12)23(24,11-34)10-32-15-4-5-17(29)16(9-15)22(35)33-20-18(30)2-1-3-19(20)31/h1-9,11,21,32H,10H2,(H,33,35). The average molecular weight is 668 g/mol. The van der Waals surface area contributed by atoms with Crippen LogP contribution in [0.4, 0.5) is 20.2 Å². The molecule has 1 fully saturated rings. The molecular weight excluding hydrogens is 652 g/mol. The van der Waals surface area contributed by atoms with Crippen molar-refractivity contribution in [2.45, 2.75) is 9.15 Å². The molecule has 0 heterocycles. The molecule has 3 aromatic rings. The van der Waals surface area contributed by atoms with Gasteiger partial charge in [-0.25, -0.2) is 8.78 Å². The summed E-state index contributed by atoms with van der Waals surface area (Å²) in [5, 5.41) is 6.34. The summed E-state index contributed by atoms with van der Waals surface area (Å²) in [5.74, 6) is -2.91. The Labute approximate surface area is 231 Å². The zero-order valence-corrected chi connectivity index (χ0v) is 23.0. The molecule has 182 valence electrons. The van der Waals surface area contributed by atoms with Crippen molar-refractivity contribution in [1.29, 1.82) is 0 Å². The zero-order valence-electron chi connectivity index (χ0n) is 17.5. The number of carbonyl (C=O) groups excluding carboxylic acids is 2. The SMILES string of the molecule is O=CC1(CNc2ccc(Cl)c(C(=O)Nc3c(F)cccc3F)c2)C(c2cc(Cl)cc(Cl)c2)C1(Br)Br. The molecule has 2 unspecified atom stereocenters. The summed E-state index contributed by atoms with van der Waals surface area (Å²) in [7, 11) is 0. The van der Waals surface area contributed by atoms with Crippen molar-refractivity contribution in [3.05, 3.63) is 92.4 Å². The lowest BCUT2D eigenvalue weighted by molar-refractivity contribution is -0.111. The Bertz CT molecular complexity index is 1300. The summed E-state index contributed by atoms with van der Waals surface area (Å²) in [5.41, 5.74) is -0.249. The van der Waals surface area contributed by atoms with Crippen molar-refractivity contribution in [1.82, 2.24) is 0 Å². The van der Waals surface area contributed by atoms with Gasteiger partial charge >= 0.3 is 0 Å². The van der Waals surface area contributed by atoms with Gasteiger partial charge in [-0.1, -0.05) is 72.7 Å². The lowest BCUT2D eigenvalue weighted by Crippen LogP contribution is -2.23. The van der Waals surface area contributed by atoms with Crippen LogP contribution in [0.1, 0.15) is 21.8 Å². The summed E-state index contributed by atoms with van der Waals surface area (Å²) in [4.78, 5) is 25.0. The summed E-state index contributed by atoms with van der Waals surface area (Å²) in [6, 6.07) is 12.9. The van der Waals surface area contributed by atoms with Crippen molar-refractivity contribution in [3.63, 3.8) is 0 Å². The van der Waals surface area contributed by atoms with Gasteiger partial charge in [0.05, 0.1) is 16.0 Å². The first kappa shape index (κ1) is 26.4. The van der Waals surface area contributed by atoms with E-state index in [4.69, 9.17) is 34.8 Å². The average Bonchev–Trinajstić information content (AvgIpc) is 3.29. The summed E-state index contributed by atoms with van der Waals surface area (Å²) < 4.78 is 27.1. The lowest BCUT2D eigenvalue weighted by atomic mass is 10.00. The third kappa shape index (κ3) is 4.96. The van der Waals surface area contributed by atoms with Crippen molar-refractivity contribution < 1.29 is 18.4 Å². The van der Waals surface area contributed by atoms with E-state index in [9.17, 15) is 18.4 Å². The first-order chi connectivity index (χ1) is 16.5. The van der Waals surface area contributed by atoms with E-state index in [1.807, 2.05) is 0 Å². The number of alkyl halides is 2. The maximum Gasteiger partial charge on any atom is 0.257 e. The Morgan fingerprint density at radius 1 is 1.00 bits per heavy atom. The minimum Gasteiger partial charge on any atom is -0.384 e. The van der Waals surface area contributed by atoms with Gasteiger partial charge in [-0.05, 0) is 54.1 Å². The van der Waals surface area contributed by atoms with Gasteiger partial charge in [-0.3, -0.25) is 4.79 Å². The van der Waals surface area contributed by atoms with Crippen LogP contribution in [0, 0.1) is 17.0 Å². The van der Waals surface area contributed by atoms with E-state index in [1.165, 1.54) is 18.2 Å². The quantitative estimate of drug-likeness (QED) is 0.198. The van der Waals surface area contributed by atoms with Gasteiger partial charge < -0.3 is 15.4 Å². The Balaban J connectivity index is 1.55. The second kappa shape index (κ2) is 9.98. The van der Waals surface area contributed by atoms with E-state index in [1.54, 1.807) is 24.3 Å². The first-order valence-electron chi connectivity index (χ1n) is 10.1. The largest absolute Gasteiger partial charge is 0.384 e. The highest BCUT2D eigenvalue weighted by atomic mass is 79.9. The Hall–Kier alpha value is -1.71. The van der Waals surface area contributed by atoms with Crippen molar-refractivity contribution >= 4 is 90.2 Å². The monoisotopic (exact) mass is 664 g/mol. The molecule has 0 bridgehead atoms. The molecule has 4 nitrogen and oxygen atoms in total. The molecular formula is C24H15Br2Cl3F2N2O2. The number of hydrogen-bond acceptors (Lipinski definition) is 3. The molecule has 0 radical (unpaired) electrons. The molecule has 0 aromatic heterocycles. The normalized spacial score (nSPS) is 20.3. The Morgan fingerprint density at radius 2 is 1.63 bits per heavy atom. The molecule has 0 spiro atoms. The van der Waals surface area contributed by atoms with Crippen molar-refractivity contribution in [3.8, 4) is 0 Å². The van der Waals surface area contributed by atoms with Gasteiger partial charge in [-0.15, -0.1) is 0 Å². The van der Waals surface area contributed by atoms with Gasteiger partial charge in [0.25, 0.3) is 5.91 Å². The molecule has 0 saturated heterocycles. The maximum absolute atomic E-state index is 13.9. The molecule has 35 heavy (non-hydrogen) atoms. The highest BCUT2D eigenvalue weighted by molar-refractivity contribution is 9.25. The maximum atomic E-state index is 13.9. The summed E-state index contributed by atoms with van der Waals surface area (Å²) in [6.07, 6.45) is 0.841. The van der Waals surface area contributed by atoms with E-state index in [0.29, 0.717) is 15.7 Å². The molecule has 1 aliphatic rings. The zero-order chi connectivity index (χ0) is 25.5. The predicted molar refractivity (Wildman–Crippen MR) is 143 cm³/mol. The van der Waals surface area contributed by atoms with Gasteiger partial charge in [-0.2, -0.15) is 0 Å². The fourth-order valence-corrected chi connectivity index (χ4v) is 6.78. The van der Waals surface area contributed by atoms with Crippen LogP contribution in [-0.4, -0.2) is 22.0 Å². The van der Waals surface area contributed by atoms with Crippen LogP contribution in [-0.2, 0) is 4.79 Å². The number of amides is 1. The number of nitrogens with one attached hydrogen (secondary N) is 2. The summed E-state index contributed by atoms with van der Waals surface area (Å²) in [6.45, 7) is 0.173. The van der Waals surface area contributed by atoms with Crippen LogP contribution in [0.5, 0.6) is 0 Å². The van der Waals surface area contributed by atoms with Crippen molar-refractivity contribution in [2.75, 3.05) is 17.2 Å². The number of benzene rings is 3. The molecule has 3 aromatic carbocycles. The number of hydrogen-bond donors (Lipinski definition) is 2. The second-order valence-corrected chi connectivity index (χ2v) is 12.9. The number of carbonyl (C=O) groups is 2. The van der Waals surface area contributed by atoms with E-state index >= 15 is 0 Å². The van der Waals surface area contributed by atoms with E-state index in [-0.39, 0.29) is 23.0 Å². The smallest absolute Gasteiger partial charge is 0.257 e. The summed E-state index contributed by atoms with van der Waals surface area (Å²) >= 11 is 25.7. The van der Waals surface area contributed by atoms with E-state index < -0.39 is 31.9 Å². The Morgan fingerprint density at radius 3 is 2.23 bits per heavy atom. The van der Waals surface area contributed by atoms with Crippen LogP contribution in [0.25, 0.3) is 0 Å². The number of para-hydroxylation sites is 1. The minimum absolute atomic E-state index is 0.00242. The number of aldehydes is 1. The van der Waals surface area contributed by atoms with E-state index in [2.05, 4.69) is 42.5 Å². The fourth-order valence-electron chi connectivity index (χ4n) is 3.99. The molecule has 2 atom stereocenters. The molecule has 4 rings (SSSR count). The molecule has 0 aliphatic heterocycles. The van der Waals surface area contributed by atoms with Crippen molar-refractivity contribution in [2.24, 2.45) is 5.41 Å². The molecule has 1 aliphatic carbocycles. The van der Waals surface area contributed by atoms with Crippen LogP contribution < -0.4 is 10.6 Å². The first-order valence-corrected chi connectivity index (χ1v) is 12.8. The second-order valence-electron chi connectivity index (χ2n) is 8.02. The van der Waals surface area contributed by atoms with Gasteiger partial charge in [0.1, 0.15) is 26.8 Å². The Kier molecular flexibility index (Phi) is 7.51. The van der Waals surface area contributed by atoms with Gasteiger partial charge in [0.15, 0.2) is 0 Å². The van der Waals surface area contributed by atoms with E-state index in [0.717, 1.165) is 24.0 Å². The fraction of sp³-hybridized carbons (Fsp3) is 0.167. The lowest BCUT2D eigenvalue weighted by Gasteiger charge is -2.15. The molecule has 11 heteroatoms. The minimum atomic E-state index is -0.917. The third-order valence-electron chi connectivity index (χ3n) is 5.84. The number of halogens is 7. The van der Waals surface area contributed by atoms with Crippen LogP contribution in [0.2, 0.25) is 15.1 Å². The van der Waals surface area contributed by atoms with Crippen LogP contribution >= 0.6 is 66.7 Å². The molecule has 1 saturated carbocycles. The number of rotatable bonds is 7. The third-order valence-corrected chi connectivity index (χ3v) is 9.00. The van der Waals surface area contributed by atoms with Crippen LogP contribution in [0.3, 0.4) is 0 Å². The topological polar surface area (TPSA) is 58.2 Å². The highest BCUT2D eigenvalue weighted by Crippen LogP contribution is 2.75. The predicted octanol–water partition coefficient (Wildman–Crippen LogP) is 8.06. The molecule has 2 N–H and O–H groups in total. The molecule has 1 amide bonds. The number of anilines is 2.